The van der Waals surface area contributed by atoms with Crippen LogP contribution in [-0.2, 0) is 13.1 Å². The molecule has 2 rings (SSSR count). The summed E-state index contributed by atoms with van der Waals surface area (Å²) in [6, 6.07) is 2.46. The first kappa shape index (κ1) is 10.5. The van der Waals surface area contributed by atoms with Gasteiger partial charge in [-0.05, 0) is 25.6 Å². The number of halogens is 2. The summed E-state index contributed by atoms with van der Waals surface area (Å²) < 4.78 is 26.5. The highest BCUT2D eigenvalue weighted by Gasteiger charge is 2.17. The van der Waals surface area contributed by atoms with Gasteiger partial charge in [-0.1, -0.05) is 0 Å². The van der Waals surface area contributed by atoms with Crippen molar-refractivity contribution in [2.45, 2.75) is 19.5 Å². The molecule has 0 atom stereocenters. The molecule has 2 nitrogen and oxygen atoms in total. The average molecular weight is 212 g/mol. The van der Waals surface area contributed by atoms with Crippen molar-refractivity contribution in [1.29, 1.82) is 0 Å². The molecule has 0 aliphatic carbocycles. The molecule has 0 aromatic heterocycles. The topological polar surface area (TPSA) is 29.3 Å². The molecule has 15 heavy (non-hydrogen) atoms. The molecule has 4 heteroatoms. The maximum absolute atomic E-state index is 13.4. The molecule has 1 saturated heterocycles. The van der Waals surface area contributed by atoms with Crippen LogP contribution in [0.2, 0.25) is 0 Å². The molecular formula is C11H14F2N2. The van der Waals surface area contributed by atoms with E-state index in [1.807, 2.05) is 0 Å². The van der Waals surface area contributed by atoms with Crippen molar-refractivity contribution >= 4 is 0 Å². The van der Waals surface area contributed by atoms with Crippen molar-refractivity contribution in [2.24, 2.45) is 5.73 Å². The summed E-state index contributed by atoms with van der Waals surface area (Å²) in [6.07, 6.45) is 1.16. The van der Waals surface area contributed by atoms with Gasteiger partial charge in [0.25, 0.3) is 0 Å². The summed E-state index contributed by atoms with van der Waals surface area (Å²) in [5.74, 6) is -1.03. The number of nitrogens with zero attached hydrogens (tertiary/aromatic N) is 1. The Morgan fingerprint density at radius 3 is 2.33 bits per heavy atom. The van der Waals surface area contributed by atoms with Crippen molar-refractivity contribution in [3.05, 3.63) is 34.9 Å². The summed E-state index contributed by atoms with van der Waals surface area (Å²) in [5, 5.41) is 0. The van der Waals surface area contributed by atoms with Gasteiger partial charge in [0, 0.05) is 30.3 Å². The SMILES string of the molecule is NCc1cc(CN2CCC2)c(F)cc1F. The molecule has 0 spiro atoms. The number of hydrogen-bond donors (Lipinski definition) is 1. The van der Waals surface area contributed by atoms with E-state index in [4.69, 9.17) is 5.73 Å². The standard InChI is InChI=1S/C11H14F2N2/c12-10-5-11(13)9(4-8(10)6-14)7-15-2-1-3-15/h4-5H,1-3,6-7,14H2. The van der Waals surface area contributed by atoms with Crippen LogP contribution in [0.4, 0.5) is 8.78 Å². The number of hydrogen-bond acceptors (Lipinski definition) is 2. The van der Waals surface area contributed by atoms with Gasteiger partial charge < -0.3 is 5.73 Å². The fourth-order valence-corrected chi connectivity index (χ4v) is 1.70. The third-order valence-electron chi connectivity index (χ3n) is 2.78. The molecule has 1 fully saturated rings. The van der Waals surface area contributed by atoms with E-state index >= 15 is 0 Å². The molecule has 82 valence electrons. The van der Waals surface area contributed by atoms with E-state index in [-0.39, 0.29) is 6.54 Å². The van der Waals surface area contributed by atoms with Crippen LogP contribution in [0.25, 0.3) is 0 Å². The van der Waals surface area contributed by atoms with E-state index in [1.54, 1.807) is 0 Å². The quantitative estimate of drug-likeness (QED) is 0.825. The van der Waals surface area contributed by atoms with Gasteiger partial charge in [0.05, 0.1) is 0 Å². The van der Waals surface area contributed by atoms with Crippen LogP contribution >= 0.6 is 0 Å². The molecule has 1 aromatic carbocycles. The first-order chi connectivity index (χ1) is 7.20. The molecule has 1 aliphatic rings. The smallest absolute Gasteiger partial charge is 0.130 e. The Morgan fingerprint density at radius 1 is 1.13 bits per heavy atom. The third-order valence-corrected chi connectivity index (χ3v) is 2.78. The van der Waals surface area contributed by atoms with Crippen LogP contribution < -0.4 is 5.73 Å². The highest BCUT2D eigenvalue weighted by Crippen LogP contribution is 2.18. The van der Waals surface area contributed by atoms with Crippen LogP contribution in [0.3, 0.4) is 0 Å². The summed E-state index contributed by atoms with van der Waals surface area (Å²) in [4.78, 5) is 2.12. The molecule has 0 saturated carbocycles. The van der Waals surface area contributed by atoms with Crippen molar-refractivity contribution in [1.82, 2.24) is 4.90 Å². The summed E-state index contributed by atoms with van der Waals surface area (Å²) in [7, 11) is 0. The molecule has 0 bridgehead atoms. The predicted octanol–water partition coefficient (Wildman–Crippen LogP) is 1.63. The van der Waals surface area contributed by atoms with Crippen LogP contribution in [0.1, 0.15) is 17.5 Å². The summed E-state index contributed by atoms with van der Waals surface area (Å²) in [5.41, 5.74) is 6.29. The Balaban J connectivity index is 2.21. The molecular weight excluding hydrogens is 198 g/mol. The van der Waals surface area contributed by atoms with Gasteiger partial charge in [0.15, 0.2) is 0 Å². The lowest BCUT2D eigenvalue weighted by molar-refractivity contribution is 0.170. The van der Waals surface area contributed by atoms with Gasteiger partial charge in [-0.2, -0.15) is 0 Å². The fourth-order valence-electron chi connectivity index (χ4n) is 1.70. The Kier molecular flexibility index (Phi) is 2.98. The minimum Gasteiger partial charge on any atom is -0.326 e. The van der Waals surface area contributed by atoms with Gasteiger partial charge in [0.1, 0.15) is 11.6 Å². The van der Waals surface area contributed by atoms with Crippen LogP contribution in [0.15, 0.2) is 12.1 Å². The highest BCUT2D eigenvalue weighted by molar-refractivity contribution is 5.26. The first-order valence-electron chi connectivity index (χ1n) is 5.10. The Bertz CT molecular complexity index is 362. The zero-order chi connectivity index (χ0) is 10.8. The largest absolute Gasteiger partial charge is 0.326 e. The first-order valence-corrected chi connectivity index (χ1v) is 5.10. The molecule has 0 amide bonds. The Labute approximate surface area is 87.7 Å². The lowest BCUT2D eigenvalue weighted by Gasteiger charge is -2.30. The number of benzene rings is 1. The van der Waals surface area contributed by atoms with Gasteiger partial charge in [-0.25, -0.2) is 8.78 Å². The average Bonchev–Trinajstić information content (AvgIpc) is 2.14. The van der Waals surface area contributed by atoms with E-state index in [0.29, 0.717) is 17.7 Å². The number of rotatable bonds is 3. The second-order valence-corrected chi connectivity index (χ2v) is 3.87. The lowest BCUT2D eigenvalue weighted by atomic mass is 10.1. The highest BCUT2D eigenvalue weighted by atomic mass is 19.1. The third kappa shape index (κ3) is 2.16. The lowest BCUT2D eigenvalue weighted by Crippen LogP contribution is -2.36. The molecule has 1 aromatic rings. The van der Waals surface area contributed by atoms with Crippen molar-refractivity contribution < 1.29 is 8.78 Å². The van der Waals surface area contributed by atoms with Crippen LogP contribution in [0.5, 0.6) is 0 Å². The summed E-state index contributed by atoms with van der Waals surface area (Å²) in [6.45, 7) is 2.65. The van der Waals surface area contributed by atoms with Gasteiger partial charge in [-0.15, -0.1) is 0 Å². The number of likely N-dealkylation sites (tertiary alicyclic amines) is 1. The zero-order valence-electron chi connectivity index (χ0n) is 8.47. The Morgan fingerprint density at radius 2 is 1.80 bits per heavy atom. The molecule has 2 N–H and O–H groups in total. The van der Waals surface area contributed by atoms with E-state index in [1.165, 1.54) is 6.07 Å². The van der Waals surface area contributed by atoms with Crippen molar-refractivity contribution in [3.63, 3.8) is 0 Å². The predicted molar refractivity (Wildman–Crippen MR) is 54.1 cm³/mol. The van der Waals surface area contributed by atoms with Gasteiger partial charge >= 0.3 is 0 Å². The van der Waals surface area contributed by atoms with Crippen LogP contribution in [0, 0.1) is 11.6 Å². The molecule has 1 aliphatic heterocycles. The minimum absolute atomic E-state index is 0.110. The van der Waals surface area contributed by atoms with Crippen molar-refractivity contribution in [3.8, 4) is 0 Å². The van der Waals surface area contributed by atoms with Gasteiger partial charge in [0.2, 0.25) is 0 Å². The zero-order valence-corrected chi connectivity index (χ0v) is 8.47. The molecule has 0 radical (unpaired) electrons. The van der Waals surface area contributed by atoms with Gasteiger partial charge in [-0.3, -0.25) is 4.90 Å². The van der Waals surface area contributed by atoms with E-state index in [0.717, 1.165) is 25.6 Å². The summed E-state index contributed by atoms with van der Waals surface area (Å²) >= 11 is 0. The van der Waals surface area contributed by atoms with E-state index in [9.17, 15) is 8.78 Å². The minimum atomic E-state index is -0.553. The Hall–Kier alpha value is -1.00. The maximum atomic E-state index is 13.4. The number of nitrogens with two attached hydrogens (primary N) is 1. The second-order valence-electron chi connectivity index (χ2n) is 3.87. The van der Waals surface area contributed by atoms with E-state index in [2.05, 4.69) is 4.90 Å². The fraction of sp³-hybridized carbons (Fsp3) is 0.455. The normalized spacial score (nSPS) is 16.5. The molecule has 0 unspecified atom stereocenters. The monoisotopic (exact) mass is 212 g/mol. The van der Waals surface area contributed by atoms with Crippen LogP contribution in [-0.4, -0.2) is 18.0 Å². The molecule has 1 heterocycles. The second kappa shape index (κ2) is 4.24. The van der Waals surface area contributed by atoms with Crippen molar-refractivity contribution in [2.75, 3.05) is 13.1 Å². The maximum Gasteiger partial charge on any atom is 0.130 e. The van der Waals surface area contributed by atoms with E-state index < -0.39 is 11.6 Å².